The number of carbonyl (C=O) groups excluding carboxylic acids is 1. The molecule has 1 aromatic carbocycles. The molecule has 1 atom stereocenters. The molecule has 2 aromatic rings. The summed E-state index contributed by atoms with van der Waals surface area (Å²) >= 11 is 0. The van der Waals surface area contributed by atoms with Crippen molar-refractivity contribution in [3.63, 3.8) is 0 Å². The van der Waals surface area contributed by atoms with Gasteiger partial charge in [-0.2, -0.15) is 5.10 Å². The van der Waals surface area contributed by atoms with Crippen molar-refractivity contribution in [3.8, 4) is 0 Å². The Hall–Kier alpha value is -2.63. The number of carbonyl (C=O) groups is 2. The summed E-state index contributed by atoms with van der Waals surface area (Å²) < 4.78 is 1.82. The predicted molar refractivity (Wildman–Crippen MR) is 85.7 cm³/mol. The first-order valence-corrected chi connectivity index (χ1v) is 7.49. The number of hydrogen-bond acceptors (Lipinski definition) is 3. The molecule has 6 nitrogen and oxygen atoms in total. The fourth-order valence-electron chi connectivity index (χ4n) is 2.88. The average Bonchev–Trinajstić information content (AvgIpc) is 2.90. The molecule has 0 saturated heterocycles. The summed E-state index contributed by atoms with van der Waals surface area (Å²) in [5, 5.41) is 16.3. The summed E-state index contributed by atoms with van der Waals surface area (Å²) in [6.07, 6.45) is 2.12. The molecule has 1 aliphatic rings. The number of hydrogen-bond donors (Lipinski definition) is 2. The number of nitrogens with one attached hydrogen (secondary N) is 1. The van der Waals surface area contributed by atoms with Gasteiger partial charge in [-0.1, -0.05) is 12.1 Å². The maximum Gasteiger partial charge on any atom is 0.335 e. The molecule has 1 aliphatic heterocycles. The smallest absolute Gasteiger partial charge is 0.335 e. The van der Waals surface area contributed by atoms with E-state index >= 15 is 0 Å². The lowest BCUT2D eigenvalue weighted by Gasteiger charge is -2.28. The fraction of sp³-hybridized carbons (Fsp3) is 0.353. The maximum absolute atomic E-state index is 12.1. The number of rotatable bonds is 2. The molecule has 0 bridgehead atoms. The highest BCUT2D eigenvalue weighted by molar-refractivity contribution is 5.94. The molecule has 6 heteroatoms. The normalized spacial score (nSPS) is 17.5. The molecule has 120 valence electrons. The van der Waals surface area contributed by atoms with Gasteiger partial charge in [0.1, 0.15) is 5.82 Å². The van der Waals surface area contributed by atoms with Gasteiger partial charge in [0.25, 0.3) is 0 Å². The zero-order valence-corrected chi connectivity index (χ0v) is 13.3. The van der Waals surface area contributed by atoms with E-state index < -0.39 is 5.97 Å². The molecule has 0 unspecified atom stereocenters. The lowest BCUT2D eigenvalue weighted by molar-refractivity contribution is -0.116. The van der Waals surface area contributed by atoms with E-state index in [1.807, 2.05) is 25.5 Å². The van der Waals surface area contributed by atoms with Gasteiger partial charge in [0.15, 0.2) is 0 Å². The molecule has 0 saturated carbocycles. The van der Waals surface area contributed by atoms with Crippen LogP contribution in [-0.4, -0.2) is 26.8 Å². The molecular formula is C17H19N3O3. The highest BCUT2D eigenvalue weighted by atomic mass is 16.4. The molecule has 2 N–H and O–H groups in total. The molecule has 0 aliphatic carbocycles. The number of carboxylic acid groups (broad SMARTS) is 1. The summed E-state index contributed by atoms with van der Waals surface area (Å²) in [5.74, 6) is -0.409. The summed E-state index contributed by atoms with van der Waals surface area (Å²) in [5.41, 5.74) is 1.87. The minimum Gasteiger partial charge on any atom is -0.478 e. The Bertz CT molecular complexity index is 769. The number of aromatic carboxylic acids is 1. The van der Waals surface area contributed by atoms with Gasteiger partial charge in [0, 0.05) is 17.9 Å². The molecule has 23 heavy (non-hydrogen) atoms. The second kappa shape index (κ2) is 5.22. The lowest BCUT2D eigenvalue weighted by atomic mass is 9.87. The zero-order chi connectivity index (χ0) is 16.8. The van der Waals surface area contributed by atoms with E-state index in [2.05, 4.69) is 10.4 Å². The number of amides is 1. The topological polar surface area (TPSA) is 84.2 Å². The highest BCUT2D eigenvalue weighted by Gasteiger charge is 2.32. The van der Waals surface area contributed by atoms with Crippen LogP contribution in [0.1, 0.15) is 54.6 Å². The van der Waals surface area contributed by atoms with Gasteiger partial charge in [-0.15, -0.1) is 0 Å². The molecule has 0 radical (unpaired) electrons. The van der Waals surface area contributed by atoms with Crippen LogP contribution >= 0.6 is 0 Å². The second-order valence-corrected chi connectivity index (χ2v) is 6.76. The summed E-state index contributed by atoms with van der Waals surface area (Å²) in [6.45, 7) is 6.08. The SMILES string of the molecule is CC(C)(C)n1ncc2c1NC(=O)C[C@H]2c1ccc(C(=O)O)cc1. The van der Waals surface area contributed by atoms with Gasteiger partial charge in [0.2, 0.25) is 5.91 Å². The Morgan fingerprint density at radius 2 is 1.96 bits per heavy atom. The Kier molecular flexibility index (Phi) is 3.47. The first-order chi connectivity index (χ1) is 10.8. The summed E-state index contributed by atoms with van der Waals surface area (Å²) in [6, 6.07) is 6.67. The molecular weight excluding hydrogens is 294 g/mol. The van der Waals surface area contributed by atoms with Crippen molar-refractivity contribution in [2.75, 3.05) is 5.32 Å². The second-order valence-electron chi connectivity index (χ2n) is 6.76. The third-order valence-corrected chi connectivity index (χ3v) is 4.02. The van der Waals surface area contributed by atoms with Gasteiger partial charge < -0.3 is 10.4 Å². The van der Waals surface area contributed by atoms with Crippen LogP contribution in [0.2, 0.25) is 0 Å². The minimum atomic E-state index is -0.959. The Morgan fingerprint density at radius 1 is 1.30 bits per heavy atom. The number of nitrogens with zero attached hydrogens (tertiary/aromatic N) is 2. The maximum atomic E-state index is 12.1. The van der Waals surface area contributed by atoms with Crippen molar-refractivity contribution in [1.82, 2.24) is 9.78 Å². The van der Waals surface area contributed by atoms with Crippen LogP contribution in [0, 0.1) is 0 Å². The van der Waals surface area contributed by atoms with Crippen LogP contribution in [0.3, 0.4) is 0 Å². The first kappa shape index (κ1) is 15.3. The molecule has 1 amide bonds. The molecule has 0 fully saturated rings. The van der Waals surface area contributed by atoms with Gasteiger partial charge in [-0.3, -0.25) is 4.79 Å². The number of carboxylic acids is 1. The third-order valence-electron chi connectivity index (χ3n) is 4.02. The van der Waals surface area contributed by atoms with Crippen LogP contribution < -0.4 is 5.32 Å². The van der Waals surface area contributed by atoms with Crippen LogP contribution in [0.15, 0.2) is 30.5 Å². The first-order valence-electron chi connectivity index (χ1n) is 7.49. The summed E-state index contributed by atoms with van der Waals surface area (Å²) in [4.78, 5) is 23.1. The van der Waals surface area contributed by atoms with Crippen molar-refractivity contribution in [3.05, 3.63) is 47.2 Å². The number of benzene rings is 1. The van der Waals surface area contributed by atoms with E-state index in [1.54, 1.807) is 30.5 Å². The van der Waals surface area contributed by atoms with Crippen molar-refractivity contribution < 1.29 is 14.7 Å². The van der Waals surface area contributed by atoms with E-state index in [4.69, 9.17) is 5.11 Å². The molecule has 3 rings (SSSR count). The average molecular weight is 313 g/mol. The van der Waals surface area contributed by atoms with E-state index in [-0.39, 0.29) is 22.9 Å². The monoisotopic (exact) mass is 313 g/mol. The fourth-order valence-corrected chi connectivity index (χ4v) is 2.88. The van der Waals surface area contributed by atoms with E-state index in [0.717, 1.165) is 16.9 Å². The van der Waals surface area contributed by atoms with Gasteiger partial charge in [-0.05, 0) is 38.5 Å². The third kappa shape index (κ3) is 2.72. The van der Waals surface area contributed by atoms with Crippen LogP contribution in [0.25, 0.3) is 0 Å². The molecule has 1 aromatic heterocycles. The van der Waals surface area contributed by atoms with Gasteiger partial charge >= 0.3 is 5.97 Å². The highest BCUT2D eigenvalue weighted by Crippen LogP contribution is 2.38. The van der Waals surface area contributed by atoms with E-state index in [1.165, 1.54) is 0 Å². The Morgan fingerprint density at radius 3 is 2.52 bits per heavy atom. The van der Waals surface area contributed by atoms with Crippen LogP contribution in [-0.2, 0) is 10.3 Å². The van der Waals surface area contributed by atoms with Crippen LogP contribution in [0.5, 0.6) is 0 Å². The number of fused-ring (bicyclic) bond motifs is 1. The number of aromatic nitrogens is 2. The van der Waals surface area contributed by atoms with Crippen molar-refractivity contribution in [1.29, 1.82) is 0 Å². The van der Waals surface area contributed by atoms with Crippen molar-refractivity contribution in [2.24, 2.45) is 0 Å². The quantitative estimate of drug-likeness (QED) is 0.893. The largest absolute Gasteiger partial charge is 0.478 e. The van der Waals surface area contributed by atoms with Gasteiger partial charge in [0.05, 0.1) is 17.3 Å². The summed E-state index contributed by atoms with van der Waals surface area (Å²) in [7, 11) is 0. The Balaban J connectivity index is 2.04. The van der Waals surface area contributed by atoms with E-state index in [9.17, 15) is 9.59 Å². The minimum absolute atomic E-state index is 0.0594. The molecule has 0 spiro atoms. The Labute approximate surface area is 134 Å². The van der Waals surface area contributed by atoms with E-state index in [0.29, 0.717) is 6.42 Å². The molecule has 2 heterocycles. The standard InChI is InChI=1S/C17H19N3O3/c1-17(2,3)20-15-13(9-18-20)12(8-14(21)19-15)10-4-6-11(7-5-10)16(22)23/h4-7,9,12H,8H2,1-3H3,(H,19,21)(H,22,23)/t12-/m0/s1. The van der Waals surface area contributed by atoms with Crippen molar-refractivity contribution >= 4 is 17.7 Å². The zero-order valence-electron chi connectivity index (χ0n) is 13.3. The van der Waals surface area contributed by atoms with Crippen LogP contribution in [0.4, 0.5) is 5.82 Å². The number of anilines is 1. The van der Waals surface area contributed by atoms with Crippen molar-refractivity contribution in [2.45, 2.75) is 38.6 Å². The van der Waals surface area contributed by atoms with Gasteiger partial charge in [-0.25, -0.2) is 9.48 Å². The predicted octanol–water partition coefficient (Wildman–Crippen LogP) is 2.81. The lowest BCUT2D eigenvalue weighted by Crippen LogP contribution is -2.30.